The smallest absolute Gasteiger partial charge is 0.249 e. The fraction of sp³-hybridized carbons (Fsp3) is 0.211. The highest BCUT2D eigenvalue weighted by atomic mass is 15.3. The molecule has 0 spiro atoms. The molecular weight excluding hydrogens is 298 g/mol. The first-order valence-electron chi connectivity index (χ1n) is 7.93. The largest absolute Gasteiger partial charge is 0.365 e. The fourth-order valence-corrected chi connectivity index (χ4v) is 2.40. The Morgan fingerprint density at radius 1 is 0.958 bits per heavy atom. The van der Waals surface area contributed by atoms with E-state index < -0.39 is 0 Å². The van der Waals surface area contributed by atoms with E-state index in [4.69, 9.17) is 0 Å². The molecule has 1 aromatic heterocycles. The zero-order valence-electron chi connectivity index (χ0n) is 14.2. The van der Waals surface area contributed by atoms with E-state index in [1.54, 1.807) is 6.20 Å². The van der Waals surface area contributed by atoms with Crippen LogP contribution in [0.15, 0.2) is 48.7 Å². The van der Waals surface area contributed by atoms with Crippen molar-refractivity contribution in [3.63, 3.8) is 0 Å². The van der Waals surface area contributed by atoms with E-state index in [2.05, 4.69) is 83.0 Å². The van der Waals surface area contributed by atoms with Gasteiger partial charge in [0.1, 0.15) is 0 Å². The Morgan fingerprint density at radius 3 is 2.62 bits per heavy atom. The van der Waals surface area contributed by atoms with Crippen molar-refractivity contribution in [2.45, 2.75) is 27.3 Å². The Balaban J connectivity index is 1.68. The van der Waals surface area contributed by atoms with Gasteiger partial charge in [-0.3, -0.25) is 0 Å². The summed E-state index contributed by atoms with van der Waals surface area (Å²) in [5, 5.41) is 14.5. The third-order valence-corrected chi connectivity index (χ3v) is 3.88. The monoisotopic (exact) mass is 319 g/mol. The van der Waals surface area contributed by atoms with Crippen LogP contribution in [0.2, 0.25) is 0 Å². The van der Waals surface area contributed by atoms with E-state index >= 15 is 0 Å². The van der Waals surface area contributed by atoms with Crippen LogP contribution in [0, 0.1) is 20.8 Å². The summed E-state index contributed by atoms with van der Waals surface area (Å²) >= 11 is 0. The van der Waals surface area contributed by atoms with E-state index in [9.17, 15) is 0 Å². The molecule has 0 bridgehead atoms. The third-order valence-electron chi connectivity index (χ3n) is 3.88. The molecule has 2 aromatic carbocycles. The normalized spacial score (nSPS) is 10.5. The topological polar surface area (TPSA) is 62.7 Å². The number of hydrogen-bond donors (Lipinski definition) is 2. The van der Waals surface area contributed by atoms with Crippen LogP contribution in [0.5, 0.6) is 0 Å². The summed E-state index contributed by atoms with van der Waals surface area (Å²) in [4.78, 5) is 4.46. The van der Waals surface area contributed by atoms with E-state index in [0.29, 0.717) is 18.3 Å². The van der Waals surface area contributed by atoms with Crippen molar-refractivity contribution in [3.05, 3.63) is 70.9 Å². The molecule has 5 nitrogen and oxygen atoms in total. The number of benzene rings is 2. The lowest BCUT2D eigenvalue weighted by Crippen LogP contribution is -2.06. The molecule has 0 fully saturated rings. The van der Waals surface area contributed by atoms with Crippen molar-refractivity contribution >= 4 is 17.5 Å². The number of anilines is 3. The number of aryl methyl sites for hydroxylation is 3. The average molecular weight is 319 g/mol. The van der Waals surface area contributed by atoms with Gasteiger partial charge in [-0.05, 0) is 49.6 Å². The standard InChI is InChI=1S/C19H21N5/c1-13-5-4-6-16(9-13)11-20-18-12-21-24-19(23-18)22-17-8-7-14(2)15(3)10-17/h4-10,12H,11H2,1-3H3,(H2,20,22,23,24). The predicted octanol–water partition coefficient (Wildman–Crippen LogP) is 4.15. The summed E-state index contributed by atoms with van der Waals surface area (Å²) in [5.41, 5.74) is 5.88. The Morgan fingerprint density at radius 2 is 1.83 bits per heavy atom. The fourth-order valence-electron chi connectivity index (χ4n) is 2.40. The highest BCUT2D eigenvalue weighted by Crippen LogP contribution is 2.17. The number of aromatic nitrogens is 3. The molecule has 0 amide bonds. The molecule has 0 aliphatic carbocycles. The molecule has 24 heavy (non-hydrogen) atoms. The minimum absolute atomic E-state index is 0.479. The molecule has 0 aliphatic heterocycles. The van der Waals surface area contributed by atoms with Crippen molar-refractivity contribution in [2.24, 2.45) is 0 Å². The summed E-state index contributed by atoms with van der Waals surface area (Å²) in [6, 6.07) is 14.5. The van der Waals surface area contributed by atoms with Gasteiger partial charge in [0.05, 0.1) is 6.20 Å². The van der Waals surface area contributed by atoms with Gasteiger partial charge in [0.15, 0.2) is 5.82 Å². The van der Waals surface area contributed by atoms with Crippen molar-refractivity contribution in [2.75, 3.05) is 10.6 Å². The molecule has 5 heteroatoms. The molecule has 0 saturated heterocycles. The third kappa shape index (κ3) is 4.07. The molecule has 122 valence electrons. The van der Waals surface area contributed by atoms with Crippen LogP contribution in [-0.4, -0.2) is 15.2 Å². The van der Waals surface area contributed by atoms with Crippen LogP contribution in [0.3, 0.4) is 0 Å². The summed E-state index contributed by atoms with van der Waals surface area (Å²) in [6.45, 7) is 6.96. The molecule has 0 saturated carbocycles. The molecule has 3 aromatic rings. The summed E-state index contributed by atoms with van der Waals surface area (Å²) in [6.07, 6.45) is 1.63. The lowest BCUT2D eigenvalue weighted by Gasteiger charge is -2.09. The first kappa shape index (κ1) is 15.9. The molecule has 0 radical (unpaired) electrons. The van der Waals surface area contributed by atoms with Gasteiger partial charge in [0.2, 0.25) is 5.95 Å². The van der Waals surface area contributed by atoms with Crippen LogP contribution in [0.4, 0.5) is 17.5 Å². The maximum Gasteiger partial charge on any atom is 0.249 e. The van der Waals surface area contributed by atoms with Crippen LogP contribution in [0.1, 0.15) is 22.3 Å². The molecule has 0 aliphatic rings. The lowest BCUT2D eigenvalue weighted by atomic mass is 10.1. The van der Waals surface area contributed by atoms with E-state index in [1.807, 2.05) is 6.07 Å². The predicted molar refractivity (Wildman–Crippen MR) is 97.5 cm³/mol. The van der Waals surface area contributed by atoms with E-state index in [1.165, 1.54) is 22.3 Å². The number of nitrogens with zero attached hydrogens (tertiary/aromatic N) is 3. The minimum Gasteiger partial charge on any atom is -0.365 e. The van der Waals surface area contributed by atoms with Gasteiger partial charge >= 0.3 is 0 Å². The Labute approximate surface area is 142 Å². The quantitative estimate of drug-likeness (QED) is 0.739. The molecule has 0 atom stereocenters. The van der Waals surface area contributed by atoms with E-state index in [-0.39, 0.29) is 0 Å². The van der Waals surface area contributed by atoms with Crippen LogP contribution in [-0.2, 0) is 6.54 Å². The van der Waals surface area contributed by atoms with E-state index in [0.717, 1.165) is 5.69 Å². The zero-order chi connectivity index (χ0) is 16.9. The first-order chi connectivity index (χ1) is 11.6. The number of rotatable bonds is 5. The second-order valence-electron chi connectivity index (χ2n) is 5.93. The summed E-state index contributed by atoms with van der Waals surface area (Å²) < 4.78 is 0. The van der Waals surface area contributed by atoms with Gasteiger partial charge in [-0.15, -0.1) is 5.10 Å². The van der Waals surface area contributed by atoms with Crippen LogP contribution >= 0.6 is 0 Å². The average Bonchev–Trinajstić information content (AvgIpc) is 2.57. The van der Waals surface area contributed by atoms with Crippen molar-refractivity contribution in [1.29, 1.82) is 0 Å². The maximum absolute atomic E-state index is 4.46. The Kier molecular flexibility index (Phi) is 4.70. The van der Waals surface area contributed by atoms with Gasteiger partial charge < -0.3 is 10.6 Å². The van der Waals surface area contributed by atoms with Crippen molar-refractivity contribution < 1.29 is 0 Å². The molecule has 2 N–H and O–H groups in total. The highest BCUT2D eigenvalue weighted by Gasteiger charge is 2.03. The molecule has 3 rings (SSSR count). The highest BCUT2D eigenvalue weighted by molar-refractivity contribution is 5.56. The SMILES string of the molecule is Cc1cccc(CNc2cnnc(Nc3ccc(C)c(C)c3)n2)c1. The zero-order valence-corrected chi connectivity index (χ0v) is 14.2. The first-order valence-corrected chi connectivity index (χ1v) is 7.93. The molecule has 0 unspecified atom stereocenters. The van der Waals surface area contributed by atoms with Gasteiger partial charge in [-0.1, -0.05) is 35.9 Å². The molecular formula is C19H21N5. The lowest BCUT2D eigenvalue weighted by molar-refractivity contribution is 0.965. The molecule has 1 heterocycles. The Bertz CT molecular complexity index is 845. The summed E-state index contributed by atoms with van der Waals surface area (Å²) in [7, 11) is 0. The number of hydrogen-bond acceptors (Lipinski definition) is 5. The second-order valence-corrected chi connectivity index (χ2v) is 5.93. The van der Waals surface area contributed by atoms with Gasteiger partial charge in [-0.2, -0.15) is 10.1 Å². The van der Waals surface area contributed by atoms with Gasteiger partial charge in [0.25, 0.3) is 0 Å². The summed E-state index contributed by atoms with van der Waals surface area (Å²) in [5.74, 6) is 1.17. The van der Waals surface area contributed by atoms with Crippen molar-refractivity contribution in [1.82, 2.24) is 15.2 Å². The Hall–Kier alpha value is -2.95. The maximum atomic E-state index is 4.46. The van der Waals surface area contributed by atoms with Gasteiger partial charge in [-0.25, -0.2) is 0 Å². The number of nitrogens with one attached hydrogen (secondary N) is 2. The van der Waals surface area contributed by atoms with Gasteiger partial charge in [0, 0.05) is 12.2 Å². The second kappa shape index (κ2) is 7.08. The van der Waals surface area contributed by atoms with Crippen LogP contribution < -0.4 is 10.6 Å². The minimum atomic E-state index is 0.479. The van der Waals surface area contributed by atoms with Crippen LogP contribution in [0.25, 0.3) is 0 Å². The van der Waals surface area contributed by atoms with Crippen molar-refractivity contribution in [3.8, 4) is 0 Å².